The molecule has 1 heterocycles. The molecule has 0 aromatic carbocycles. The molecule has 3 aliphatic rings. The van der Waals surface area contributed by atoms with Crippen molar-refractivity contribution in [3.8, 4) is 0 Å². The van der Waals surface area contributed by atoms with Crippen molar-refractivity contribution >= 4 is 15.9 Å². The van der Waals surface area contributed by atoms with Crippen LogP contribution >= 0.6 is 0 Å². The van der Waals surface area contributed by atoms with Crippen molar-refractivity contribution in [2.45, 2.75) is 52.5 Å². The van der Waals surface area contributed by atoms with Crippen molar-refractivity contribution < 1.29 is 17.8 Å². The summed E-state index contributed by atoms with van der Waals surface area (Å²) in [5, 5.41) is 3.21. The van der Waals surface area contributed by atoms with Crippen LogP contribution in [-0.2, 0) is 14.9 Å². The number of hydrogen-bond donors (Lipinski definition) is 2. The molecule has 2 bridgehead atoms. The molecule has 20 heavy (non-hydrogen) atoms. The molecule has 3 rings (SSSR count). The lowest BCUT2D eigenvalue weighted by molar-refractivity contribution is -0.128. The highest BCUT2D eigenvalue weighted by molar-refractivity contribution is 7.85. The van der Waals surface area contributed by atoms with Gasteiger partial charge in [0.2, 0.25) is 0 Å². The Labute approximate surface area is 121 Å². The maximum atomic E-state index is 11.9. The summed E-state index contributed by atoms with van der Waals surface area (Å²) in [6.07, 6.45) is 3.35. The molecule has 3 atom stereocenters. The molecule has 1 aliphatic heterocycles. The molecule has 2 N–H and O–H groups in total. The van der Waals surface area contributed by atoms with E-state index in [1.165, 1.54) is 13.0 Å². The van der Waals surface area contributed by atoms with Crippen molar-refractivity contribution in [1.29, 1.82) is 0 Å². The summed E-state index contributed by atoms with van der Waals surface area (Å²) in [4.78, 5) is 11.9. The van der Waals surface area contributed by atoms with Crippen LogP contribution in [0.1, 0.15) is 46.5 Å². The molecule has 6 heteroatoms. The highest BCUT2D eigenvalue weighted by atomic mass is 32.2. The zero-order valence-corrected chi connectivity index (χ0v) is 13.3. The summed E-state index contributed by atoms with van der Waals surface area (Å²) in [6.45, 7) is 7.33. The minimum atomic E-state index is -4.08. The van der Waals surface area contributed by atoms with Crippen molar-refractivity contribution in [2.75, 3.05) is 12.3 Å². The molecule has 2 saturated carbocycles. The lowest BCUT2D eigenvalue weighted by atomic mass is 9.70. The summed E-state index contributed by atoms with van der Waals surface area (Å²) in [6, 6.07) is 0.815. The molecule has 2 unspecified atom stereocenters. The molecule has 0 aromatic rings. The Morgan fingerprint density at radius 2 is 1.90 bits per heavy atom. The lowest BCUT2D eigenvalue weighted by Crippen LogP contribution is -2.42. The average Bonchev–Trinajstić information content (AvgIpc) is 2.58. The number of carbonyl (C=O) groups excluding carboxylic acids is 1. The number of rotatable bonds is 2. The second-order valence-electron chi connectivity index (χ2n) is 7.04. The summed E-state index contributed by atoms with van der Waals surface area (Å²) in [5.74, 6) is -0.101. The van der Waals surface area contributed by atoms with E-state index in [1.807, 2.05) is 13.8 Å². The van der Waals surface area contributed by atoms with Crippen LogP contribution in [0.15, 0.2) is 0 Å². The molecule has 1 saturated heterocycles. The van der Waals surface area contributed by atoms with Gasteiger partial charge in [-0.15, -0.1) is 0 Å². The van der Waals surface area contributed by atoms with E-state index >= 15 is 0 Å². The Hall–Kier alpha value is -0.460. The van der Waals surface area contributed by atoms with Crippen LogP contribution in [0.25, 0.3) is 0 Å². The summed E-state index contributed by atoms with van der Waals surface area (Å²) in [7, 11) is -4.08. The zero-order valence-electron chi connectivity index (χ0n) is 12.5. The van der Waals surface area contributed by atoms with Gasteiger partial charge < -0.3 is 5.32 Å². The van der Waals surface area contributed by atoms with Crippen molar-refractivity contribution in [3.63, 3.8) is 0 Å². The first kappa shape index (κ1) is 15.9. The van der Waals surface area contributed by atoms with Gasteiger partial charge >= 0.3 is 0 Å². The topological polar surface area (TPSA) is 83.5 Å². The van der Waals surface area contributed by atoms with Crippen LogP contribution in [0.3, 0.4) is 0 Å². The molecule has 0 spiro atoms. The molecule has 0 radical (unpaired) electrons. The van der Waals surface area contributed by atoms with Crippen LogP contribution in [0.2, 0.25) is 0 Å². The summed E-state index contributed by atoms with van der Waals surface area (Å²) < 4.78 is 31.0. The van der Waals surface area contributed by atoms with E-state index in [9.17, 15) is 13.2 Å². The van der Waals surface area contributed by atoms with E-state index in [0.717, 1.165) is 12.5 Å². The predicted octanol–water partition coefficient (Wildman–Crippen LogP) is 1.64. The third-order valence-electron chi connectivity index (χ3n) is 5.64. The summed E-state index contributed by atoms with van der Waals surface area (Å²) in [5.41, 5.74) is -1.12. The quantitative estimate of drug-likeness (QED) is 0.758. The number of Topliss-reactive ketones (excluding diaryl/α,β-unsaturated/α-hetero) is 1. The first-order valence-electron chi connectivity index (χ1n) is 7.30. The fourth-order valence-corrected chi connectivity index (χ4v) is 5.15. The number of fused-ring (bicyclic) bond motifs is 2. The van der Waals surface area contributed by atoms with Gasteiger partial charge in [-0.3, -0.25) is 9.35 Å². The van der Waals surface area contributed by atoms with Crippen molar-refractivity contribution in [3.05, 3.63) is 0 Å². The normalized spacial score (nSPS) is 38.1. The standard InChI is InChI=1S/C10H16O4S.C4H9N/c1-9(2)7-3-4-10(9,8(11)5-7)6-15(12,13)14;1-4-2-3-5-4/h7H,3-6H2,1-2H3,(H,12,13,14);4-5H,2-3H2,1H3/t;4-/m.1/s1. The van der Waals surface area contributed by atoms with E-state index < -0.39 is 21.3 Å². The van der Waals surface area contributed by atoms with Crippen molar-refractivity contribution in [2.24, 2.45) is 16.7 Å². The van der Waals surface area contributed by atoms with Gasteiger partial charge in [0.15, 0.2) is 0 Å². The van der Waals surface area contributed by atoms with Crippen LogP contribution < -0.4 is 5.32 Å². The number of hydrogen-bond acceptors (Lipinski definition) is 4. The fourth-order valence-electron chi connectivity index (χ4n) is 3.85. The number of nitrogens with one attached hydrogen (secondary N) is 1. The summed E-state index contributed by atoms with van der Waals surface area (Å²) >= 11 is 0. The molecule has 2 aliphatic carbocycles. The molecule has 0 aromatic heterocycles. The Morgan fingerprint density at radius 1 is 1.35 bits per heavy atom. The first-order valence-corrected chi connectivity index (χ1v) is 8.91. The predicted molar refractivity (Wildman–Crippen MR) is 77.1 cm³/mol. The second-order valence-corrected chi connectivity index (χ2v) is 8.49. The third-order valence-corrected chi connectivity index (χ3v) is 6.50. The van der Waals surface area contributed by atoms with Crippen LogP contribution in [-0.4, -0.2) is 37.1 Å². The molecule has 3 fully saturated rings. The molecular formula is C14H25NO4S. The minimum Gasteiger partial charge on any atom is -0.314 e. The Bertz CT molecular complexity index is 495. The van der Waals surface area contributed by atoms with Crippen molar-refractivity contribution in [1.82, 2.24) is 5.32 Å². The maximum absolute atomic E-state index is 11.9. The van der Waals surface area contributed by atoms with Gasteiger partial charge in [0, 0.05) is 12.5 Å². The highest BCUT2D eigenvalue weighted by Gasteiger charge is 2.65. The Balaban J connectivity index is 0.000000247. The van der Waals surface area contributed by atoms with Crippen LogP contribution in [0.5, 0.6) is 0 Å². The lowest BCUT2D eigenvalue weighted by Gasteiger charge is -2.35. The van der Waals surface area contributed by atoms with Gasteiger partial charge in [0.05, 0.1) is 11.2 Å². The minimum absolute atomic E-state index is 0.0152. The van der Waals surface area contributed by atoms with E-state index in [-0.39, 0.29) is 17.1 Å². The second kappa shape index (κ2) is 5.07. The molecule has 116 valence electrons. The Morgan fingerprint density at radius 3 is 2.15 bits per heavy atom. The molecular weight excluding hydrogens is 278 g/mol. The monoisotopic (exact) mass is 303 g/mol. The number of ketones is 1. The average molecular weight is 303 g/mol. The van der Waals surface area contributed by atoms with Crippen LogP contribution in [0, 0.1) is 16.7 Å². The van der Waals surface area contributed by atoms with Gasteiger partial charge in [-0.25, -0.2) is 0 Å². The first-order chi connectivity index (χ1) is 9.08. The smallest absolute Gasteiger partial charge is 0.265 e. The van der Waals surface area contributed by atoms with Crippen LogP contribution in [0.4, 0.5) is 0 Å². The van der Waals surface area contributed by atoms with Gasteiger partial charge in [-0.05, 0) is 44.1 Å². The maximum Gasteiger partial charge on any atom is 0.265 e. The molecule has 0 amide bonds. The fraction of sp³-hybridized carbons (Fsp3) is 0.929. The van der Waals surface area contributed by atoms with E-state index in [1.54, 1.807) is 0 Å². The largest absolute Gasteiger partial charge is 0.314 e. The van der Waals surface area contributed by atoms with Gasteiger partial charge in [0.25, 0.3) is 10.1 Å². The number of carbonyl (C=O) groups is 1. The SMILES string of the molecule is CC1(C)C2CCC1(CS(=O)(=O)O)C(=O)C2.C[C@@H]1CCN1. The van der Waals surface area contributed by atoms with Gasteiger partial charge in [-0.1, -0.05) is 13.8 Å². The Kier molecular flexibility index (Phi) is 4.04. The van der Waals surface area contributed by atoms with Gasteiger partial charge in [0.1, 0.15) is 5.78 Å². The zero-order chi connectivity index (χ0) is 15.2. The van der Waals surface area contributed by atoms with E-state index in [0.29, 0.717) is 12.8 Å². The highest BCUT2D eigenvalue weighted by Crippen LogP contribution is 2.64. The van der Waals surface area contributed by atoms with Gasteiger partial charge in [-0.2, -0.15) is 8.42 Å². The van der Waals surface area contributed by atoms with E-state index in [4.69, 9.17) is 4.55 Å². The molecule has 5 nitrogen and oxygen atoms in total. The third kappa shape index (κ3) is 2.65. The van der Waals surface area contributed by atoms with E-state index in [2.05, 4.69) is 12.2 Å².